The Kier molecular flexibility index (Phi) is 6.16. The molecule has 1 rings (SSSR count). The van der Waals surface area contributed by atoms with Gasteiger partial charge < -0.3 is 5.32 Å². The van der Waals surface area contributed by atoms with Gasteiger partial charge in [0.2, 0.25) is 0 Å². The summed E-state index contributed by atoms with van der Waals surface area (Å²) in [5.74, 6) is 0.508. The molecule has 0 heterocycles. The molecule has 0 saturated heterocycles. The Labute approximate surface area is 112 Å². The van der Waals surface area contributed by atoms with Gasteiger partial charge in [-0.2, -0.15) is 0 Å². The Morgan fingerprint density at radius 3 is 2.76 bits per heavy atom. The molecular weight excluding hydrogens is 302 g/mol. The summed E-state index contributed by atoms with van der Waals surface area (Å²) >= 11 is 3.41. The van der Waals surface area contributed by atoms with Crippen LogP contribution in [0.4, 0.5) is 0 Å². The van der Waals surface area contributed by atoms with E-state index in [1.165, 1.54) is 5.56 Å². The van der Waals surface area contributed by atoms with Crippen molar-refractivity contribution in [1.29, 1.82) is 0 Å². The van der Waals surface area contributed by atoms with Crippen LogP contribution in [-0.4, -0.2) is 26.5 Å². The third-order valence-electron chi connectivity index (χ3n) is 2.47. The zero-order chi connectivity index (χ0) is 12.7. The molecule has 3 nitrogen and oxygen atoms in total. The van der Waals surface area contributed by atoms with E-state index >= 15 is 0 Å². The molecule has 0 aromatic heterocycles. The molecule has 0 aliphatic carbocycles. The first-order chi connectivity index (χ1) is 8.03. The standard InChI is InChI=1S/C12H18BrNO2S/c1-2-17(15,16)8-4-7-14-10-11-5-3-6-12(13)9-11/h3,5-6,9,14H,2,4,7-8,10H2,1H3. The number of halogens is 1. The molecule has 5 heteroatoms. The maximum absolute atomic E-state index is 11.2. The first-order valence-electron chi connectivity index (χ1n) is 5.69. The van der Waals surface area contributed by atoms with E-state index in [9.17, 15) is 8.42 Å². The average molecular weight is 320 g/mol. The lowest BCUT2D eigenvalue weighted by Crippen LogP contribution is -2.18. The fraction of sp³-hybridized carbons (Fsp3) is 0.500. The van der Waals surface area contributed by atoms with Crippen LogP contribution in [0.25, 0.3) is 0 Å². The van der Waals surface area contributed by atoms with E-state index in [2.05, 4.69) is 27.3 Å². The maximum atomic E-state index is 11.2. The Bertz CT molecular complexity index is 446. The van der Waals surface area contributed by atoms with E-state index in [0.717, 1.165) is 17.6 Å². The molecule has 17 heavy (non-hydrogen) atoms. The van der Waals surface area contributed by atoms with Gasteiger partial charge in [-0.1, -0.05) is 35.0 Å². The summed E-state index contributed by atoms with van der Waals surface area (Å²) in [6.45, 7) is 3.18. The van der Waals surface area contributed by atoms with Gasteiger partial charge in [-0.15, -0.1) is 0 Å². The molecule has 0 aliphatic heterocycles. The van der Waals surface area contributed by atoms with E-state index in [-0.39, 0.29) is 11.5 Å². The molecule has 1 N–H and O–H groups in total. The van der Waals surface area contributed by atoms with Crippen molar-refractivity contribution in [3.8, 4) is 0 Å². The van der Waals surface area contributed by atoms with Crippen molar-refractivity contribution in [3.05, 3.63) is 34.3 Å². The highest BCUT2D eigenvalue weighted by molar-refractivity contribution is 9.10. The van der Waals surface area contributed by atoms with E-state index in [0.29, 0.717) is 6.42 Å². The Morgan fingerprint density at radius 1 is 1.35 bits per heavy atom. The lowest BCUT2D eigenvalue weighted by atomic mass is 10.2. The third kappa shape index (κ3) is 6.19. The molecule has 0 saturated carbocycles. The number of sulfone groups is 1. The van der Waals surface area contributed by atoms with Crippen molar-refractivity contribution < 1.29 is 8.42 Å². The van der Waals surface area contributed by atoms with Crippen LogP contribution in [0.2, 0.25) is 0 Å². The summed E-state index contributed by atoms with van der Waals surface area (Å²) in [4.78, 5) is 0. The number of hydrogen-bond acceptors (Lipinski definition) is 3. The monoisotopic (exact) mass is 319 g/mol. The quantitative estimate of drug-likeness (QED) is 0.785. The highest BCUT2D eigenvalue weighted by Crippen LogP contribution is 2.11. The minimum atomic E-state index is -2.82. The summed E-state index contributed by atoms with van der Waals surface area (Å²) in [6.07, 6.45) is 0.671. The second-order valence-corrected chi connectivity index (χ2v) is 7.29. The number of rotatable bonds is 7. The molecule has 0 fully saturated rings. The van der Waals surface area contributed by atoms with Crippen molar-refractivity contribution in [1.82, 2.24) is 5.32 Å². The zero-order valence-electron chi connectivity index (χ0n) is 9.95. The summed E-state index contributed by atoms with van der Waals surface area (Å²) in [5, 5.41) is 3.24. The topological polar surface area (TPSA) is 46.2 Å². The van der Waals surface area contributed by atoms with Crippen molar-refractivity contribution in [2.75, 3.05) is 18.1 Å². The molecule has 0 aliphatic rings. The van der Waals surface area contributed by atoms with Gasteiger partial charge in [0.15, 0.2) is 0 Å². The number of nitrogens with one attached hydrogen (secondary N) is 1. The van der Waals surface area contributed by atoms with Crippen molar-refractivity contribution in [3.63, 3.8) is 0 Å². The lowest BCUT2D eigenvalue weighted by Gasteiger charge is -2.05. The smallest absolute Gasteiger partial charge is 0.150 e. The van der Waals surface area contributed by atoms with Gasteiger partial charge in [0.25, 0.3) is 0 Å². The fourth-order valence-electron chi connectivity index (χ4n) is 1.44. The molecule has 0 radical (unpaired) electrons. The number of hydrogen-bond donors (Lipinski definition) is 1. The molecule has 0 atom stereocenters. The molecular formula is C12H18BrNO2S. The second kappa shape index (κ2) is 7.13. The minimum absolute atomic E-state index is 0.235. The zero-order valence-corrected chi connectivity index (χ0v) is 12.4. The maximum Gasteiger partial charge on any atom is 0.150 e. The van der Waals surface area contributed by atoms with Gasteiger partial charge in [-0.05, 0) is 30.7 Å². The van der Waals surface area contributed by atoms with Crippen LogP contribution < -0.4 is 5.32 Å². The highest BCUT2D eigenvalue weighted by atomic mass is 79.9. The second-order valence-electron chi connectivity index (χ2n) is 3.90. The van der Waals surface area contributed by atoms with Gasteiger partial charge >= 0.3 is 0 Å². The molecule has 1 aromatic carbocycles. The van der Waals surface area contributed by atoms with Crippen molar-refractivity contribution >= 4 is 25.8 Å². The Morgan fingerprint density at radius 2 is 2.12 bits per heavy atom. The SMILES string of the molecule is CCS(=O)(=O)CCCNCc1cccc(Br)c1. The molecule has 0 spiro atoms. The largest absolute Gasteiger partial charge is 0.313 e. The molecule has 0 unspecified atom stereocenters. The first-order valence-corrected chi connectivity index (χ1v) is 8.30. The van der Waals surface area contributed by atoms with Crippen molar-refractivity contribution in [2.24, 2.45) is 0 Å². The summed E-state index contributed by atoms with van der Waals surface area (Å²) in [5.41, 5.74) is 1.19. The predicted octanol–water partition coefficient (Wildman–Crippen LogP) is 2.36. The van der Waals surface area contributed by atoms with E-state index in [1.54, 1.807) is 6.92 Å². The first kappa shape index (κ1) is 14.7. The van der Waals surface area contributed by atoms with Gasteiger partial charge in [-0.25, -0.2) is 8.42 Å². The molecule has 96 valence electrons. The van der Waals surface area contributed by atoms with Gasteiger partial charge in [0.05, 0.1) is 5.75 Å². The van der Waals surface area contributed by atoms with Crippen LogP contribution in [0.1, 0.15) is 18.9 Å². The highest BCUT2D eigenvalue weighted by Gasteiger charge is 2.05. The summed E-state index contributed by atoms with van der Waals surface area (Å²) in [7, 11) is -2.82. The number of benzene rings is 1. The van der Waals surface area contributed by atoms with Crippen LogP contribution in [0.15, 0.2) is 28.7 Å². The molecule has 0 bridgehead atoms. The average Bonchev–Trinajstić information content (AvgIpc) is 2.29. The van der Waals surface area contributed by atoms with Gasteiger partial charge in [-0.3, -0.25) is 0 Å². The van der Waals surface area contributed by atoms with Crippen LogP contribution >= 0.6 is 15.9 Å². The van der Waals surface area contributed by atoms with Gasteiger partial charge in [0, 0.05) is 16.8 Å². The third-order valence-corrected chi connectivity index (χ3v) is 4.75. The fourth-order valence-corrected chi connectivity index (χ4v) is 2.76. The lowest BCUT2D eigenvalue weighted by molar-refractivity contribution is 0.590. The minimum Gasteiger partial charge on any atom is -0.313 e. The van der Waals surface area contributed by atoms with Crippen molar-refractivity contribution in [2.45, 2.75) is 19.9 Å². The molecule has 0 amide bonds. The normalized spacial score (nSPS) is 11.6. The Balaban J connectivity index is 2.21. The van der Waals surface area contributed by atoms with Crippen LogP contribution in [0, 0.1) is 0 Å². The molecule has 1 aromatic rings. The van der Waals surface area contributed by atoms with Crippen LogP contribution in [0.3, 0.4) is 0 Å². The Hall–Kier alpha value is -0.390. The van der Waals surface area contributed by atoms with Gasteiger partial charge in [0.1, 0.15) is 9.84 Å². The van der Waals surface area contributed by atoms with E-state index < -0.39 is 9.84 Å². The van der Waals surface area contributed by atoms with Crippen LogP contribution in [0.5, 0.6) is 0 Å². The predicted molar refractivity (Wildman–Crippen MR) is 74.8 cm³/mol. The summed E-state index contributed by atoms with van der Waals surface area (Å²) in [6, 6.07) is 8.07. The van der Waals surface area contributed by atoms with E-state index in [1.807, 2.05) is 18.2 Å². The van der Waals surface area contributed by atoms with E-state index in [4.69, 9.17) is 0 Å². The van der Waals surface area contributed by atoms with Crippen LogP contribution in [-0.2, 0) is 16.4 Å². The summed E-state index contributed by atoms with van der Waals surface area (Å²) < 4.78 is 23.5.